The molecule has 7 heteroatoms. The lowest BCUT2D eigenvalue weighted by molar-refractivity contribution is -0.122. The molecule has 1 aromatic heterocycles. The van der Waals surface area contributed by atoms with Gasteiger partial charge in [-0.05, 0) is 43.3 Å². The van der Waals surface area contributed by atoms with Crippen molar-refractivity contribution in [2.45, 2.75) is 19.9 Å². The molecule has 2 amide bonds. The standard InChI is InChI=1S/C27H25N3O4/c1-2-29-22-6-4-3-5-20(22)21-14-18(7-9-23(21)29)28-27(32)17-13-26(31)30(16-17)19-8-10-24-25(15-19)34-12-11-33-24/h3-10,14-15,17H,2,11-13,16H2,1H3,(H,28,32)/t17-/m1/s1. The Morgan fingerprint density at radius 3 is 2.62 bits per heavy atom. The summed E-state index contributed by atoms with van der Waals surface area (Å²) in [4.78, 5) is 27.5. The highest BCUT2D eigenvalue weighted by molar-refractivity contribution is 6.10. The van der Waals surface area contributed by atoms with Crippen molar-refractivity contribution in [2.24, 2.45) is 5.92 Å². The topological polar surface area (TPSA) is 72.8 Å². The fourth-order valence-electron chi connectivity index (χ4n) is 5.05. The molecule has 1 saturated heterocycles. The molecule has 3 heterocycles. The zero-order valence-electron chi connectivity index (χ0n) is 18.9. The molecule has 1 N–H and O–H groups in total. The van der Waals surface area contributed by atoms with Crippen LogP contribution in [-0.2, 0) is 16.1 Å². The average molecular weight is 456 g/mol. The van der Waals surface area contributed by atoms with E-state index in [1.54, 1.807) is 4.90 Å². The molecule has 7 nitrogen and oxygen atoms in total. The summed E-state index contributed by atoms with van der Waals surface area (Å²) < 4.78 is 13.5. The van der Waals surface area contributed by atoms with Crippen molar-refractivity contribution < 1.29 is 19.1 Å². The average Bonchev–Trinajstić information content (AvgIpc) is 3.41. The van der Waals surface area contributed by atoms with Crippen LogP contribution in [-0.4, -0.2) is 36.1 Å². The molecule has 4 aromatic rings. The van der Waals surface area contributed by atoms with Crippen molar-refractivity contribution in [3.8, 4) is 11.5 Å². The van der Waals surface area contributed by atoms with Crippen LogP contribution in [0.2, 0.25) is 0 Å². The molecule has 34 heavy (non-hydrogen) atoms. The molecule has 172 valence electrons. The van der Waals surface area contributed by atoms with Gasteiger partial charge >= 0.3 is 0 Å². The Morgan fingerprint density at radius 1 is 0.971 bits per heavy atom. The first-order valence-corrected chi connectivity index (χ1v) is 11.6. The highest BCUT2D eigenvalue weighted by atomic mass is 16.6. The van der Waals surface area contributed by atoms with Gasteiger partial charge in [0.05, 0.1) is 5.92 Å². The van der Waals surface area contributed by atoms with Crippen LogP contribution < -0.4 is 19.7 Å². The van der Waals surface area contributed by atoms with Crippen LogP contribution in [0.3, 0.4) is 0 Å². The summed E-state index contributed by atoms with van der Waals surface area (Å²) >= 11 is 0. The summed E-state index contributed by atoms with van der Waals surface area (Å²) in [7, 11) is 0. The van der Waals surface area contributed by atoms with Gasteiger partial charge in [0.15, 0.2) is 11.5 Å². The van der Waals surface area contributed by atoms with Gasteiger partial charge in [-0.1, -0.05) is 18.2 Å². The number of anilines is 2. The van der Waals surface area contributed by atoms with Gasteiger partial charge in [-0.3, -0.25) is 9.59 Å². The first-order chi connectivity index (χ1) is 16.6. The second kappa shape index (κ2) is 8.09. The minimum atomic E-state index is -0.423. The number of amides is 2. The van der Waals surface area contributed by atoms with Crippen LogP contribution in [0.25, 0.3) is 21.8 Å². The zero-order valence-corrected chi connectivity index (χ0v) is 18.9. The van der Waals surface area contributed by atoms with Crippen LogP contribution in [0.1, 0.15) is 13.3 Å². The van der Waals surface area contributed by atoms with Crippen molar-refractivity contribution in [3.05, 3.63) is 60.7 Å². The van der Waals surface area contributed by atoms with E-state index in [1.807, 2.05) is 42.5 Å². The first-order valence-electron chi connectivity index (χ1n) is 11.6. The number of carbonyl (C=O) groups is 2. The first kappa shape index (κ1) is 20.6. The van der Waals surface area contributed by atoms with E-state index in [2.05, 4.69) is 35.0 Å². The SMILES string of the molecule is CCn1c2ccccc2c2cc(NC(=O)[C@@H]3CC(=O)N(c4ccc5c(c4)OCCO5)C3)ccc21. The maximum Gasteiger partial charge on any atom is 0.229 e. The molecule has 0 unspecified atom stereocenters. The monoisotopic (exact) mass is 455 g/mol. The molecule has 2 aliphatic rings. The summed E-state index contributed by atoms with van der Waals surface area (Å²) in [5, 5.41) is 5.31. The van der Waals surface area contributed by atoms with Gasteiger partial charge in [0, 0.05) is 58.8 Å². The van der Waals surface area contributed by atoms with Gasteiger partial charge in [-0.15, -0.1) is 0 Å². The Bertz CT molecular complexity index is 1440. The lowest BCUT2D eigenvalue weighted by Gasteiger charge is -2.22. The summed E-state index contributed by atoms with van der Waals surface area (Å²) in [5.74, 6) is 0.665. The molecule has 0 bridgehead atoms. The smallest absolute Gasteiger partial charge is 0.229 e. The van der Waals surface area contributed by atoms with E-state index in [-0.39, 0.29) is 18.2 Å². The van der Waals surface area contributed by atoms with Crippen LogP contribution in [0.5, 0.6) is 11.5 Å². The Hall–Kier alpha value is -4.00. The molecule has 2 aliphatic heterocycles. The van der Waals surface area contributed by atoms with E-state index >= 15 is 0 Å². The second-order valence-corrected chi connectivity index (χ2v) is 8.72. The summed E-state index contributed by atoms with van der Waals surface area (Å²) in [5.41, 5.74) is 3.78. The number of fused-ring (bicyclic) bond motifs is 4. The van der Waals surface area contributed by atoms with E-state index in [9.17, 15) is 9.59 Å². The summed E-state index contributed by atoms with van der Waals surface area (Å²) in [6.45, 7) is 4.34. The molecule has 0 saturated carbocycles. The van der Waals surface area contributed by atoms with E-state index in [0.29, 0.717) is 31.3 Å². The predicted molar refractivity (Wildman–Crippen MR) is 132 cm³/mol. The van der Waals surface area contributed by atoms with Gasteiger partial charge < -0.3 is 24.3 Å². The molecular formula is C27H25N3O4. The van der Waals surface area contributed by atoms with Gasteiger partial charge in [-0.2, -0.15) is 0 Å². The maximum absolute atomic E-state index is 13.1. The number of rotatable bonds is 4. The van der Waals surface area contributed by atoms with Gasteiger partial charge in [-0.25, -0.2) is 0 Å². The highest BCUT2D eigenvalue weighted by Crippen LogP contribution is 2.36. The van der Waals surface area contributed by atoms with Crippen molar-refractivity contribution in [1.82, 2.24) is 4.57 Å². The number of aromatic nitrogens is 1. The van der Waals surface area contributed by atoms with E-state index in [0.717, 1.165) is 34.2 Å². The largest absolute Gasteiger partial charge is 0.486 e. The number of benzene rings is 3. The van der Waals surface area contributed by atoms with E-state index in [4.69, 9.17) is 9.47 Å². The fraction of sp³-hybridized carbons (Fsp3) is 0.259. The number of hydrogen-bond donors (Lipinski definition) is 1. The van der Waals surface area contributed by atoms with Gasteiger partial charge in [0.25, 0.3) is 0 Å². The third-order valence-corrected chi connectivity index (χ3v) is 6.69. The molecule has 1 fully saturated rings. The maximum atomic E-state index is 13.1. The van der Waals surface area contributed by atoms with Crippen LogP contribution in [0.4, 0.5) is 11.4 Å². The van der Waals surface area contributed by atoms with Crippen LogP contribution >= 0.6 is 0 Å². The summed E-state index contributed by atoms with van der Waals surface area (Å²) in [6.07, 6.45) is 0.178. The minimum Gasteiger partial charge on any atom is -0.486 e. The van der Waals surface area contributed by atoms with Gasteiger partial charge in [0.2, 0.25) is 11.8 Å². The van der Waals surface area contributed by atoms with E-state index in [1.165, 1.54) is 5.52 Å². The van der Waals surface area contributed by atoms with Crippen molar-refractivity contribution >= 4 is 45.0 Å². The number of carbonyl (C=O) groups excluding carboxylic acids is 2. The number of para-hydroxylation sites is 1. The number of hydrogen-bond acceptors (Lipinski definition) is 4. The summed E-state index contributed by atoms with van der Waals surface area (Å²) in [6, 6.07) is 19.8. The van der Waals surface area contributed by atoms with Crippen LogP contribution in [0.15, 0.2) is 60.7 Å². The molecule has 0 spiro atoms. The lowest BCUT2D eigenvalue weighted by Crippen LogP contribution is -2.28. The van der Waals surface area contributed by atoms with Crippen molar-refractivity contribution in [2.75, 3.05) is 30.0 Å². The lowest BCUT2D eigenvalue weighted by atomic mass is 10.1. The van der Waals surface area contributed by atoms with Crippen molar-refractivity contribution in [3.63, 3.8) is 0 Å². The molecule has 6 rings (SSSR count). The number of nitrogens with zero attached hydrogens (tertiary/aromatic N) is 2. The third-order valence-electron chi connectivity index (χ3n) is 6.69. The molecule has 0 radical (unpaired) electrons. The molecule has 3 aromatic carbocycles. The molecular weight excluding hydrogens is 430 g/mol. The third kappa shape index (κ3) is 3.36. The number of ether oxygens (including phenoxy) is 2. The van der Waals surface area contributed by atoms with Crippen molar-refractivity contribution in [1.29, 1.82) is 0 Å². The van der Waals surface area contributed by atoms with Crippen LogP contribution in [0, 0.1) is 5.92 Å². The Kier molecular flexibility index (Phi) is 4.90. The van der Waals surface area contributed by atoms with Gasteiger partial charge in [0.1, 0.15) is 13.2 Å². The zero-order chi connectivity index (χ0) is 23.2. The quantitative estimate of drug-likeness (QED) is 0.489. The second-order valence-electron chi connectivity index (χ2n) is 8.72. The van der Waals surface area contributed by atoms with E-state index < -0.39 is 5.92 Å². The Morgan fingerprint density at radius 2 is 1.76 bits per heavy atom. The Labute approximate surface area is 196 Å². The normalized spacial score (nSPS) is 17.5. The minimum absolute atomic E-state index is 0.0710. The number of nitrogens with one attached hydrogen (secondary N) is 1. The molecule has 1 atom stereocenters. The number of aryl methyl sites for hydroxylation is 1. The predicted octanol–water partition coefficient (Wildman–Crippen LogP) is 4.58. The highest BCUT2D eigenvalue weighted by Gasteiger charge is 2.35. The fourth-order valence-corrected chi connectivity index (χ4v) is 5.05. The molecule has 0 aliphatic carbocycles. The Balaban J connectivity index is 1.22.